The molecule has 2 aliphatic heterocycles. The standard InChI is InChI=1S/C19H22BrN5O2S/c1-3-15-21-19-25(22-15)18(27)17(28-19)16(13-4-6-14(20)7-5-13)24-10-8-23(9-11-24)12(2)26/h4-7,16-17H,3,8-11H2,1-2H3. The average molecular weight is 464 g/mol. The van der Waals surface area contributed by atoms with E-state index in [1.807, 2.05) is 24.0 Å². The molecule has 0 spiro atoms. The van der Waals surface area contributed by atoms with Crippen LogP contribution < -0.4 is 0 Å². The molecule has 2 aromatic rings. The summed E-state index contributed by atoms with van der Waals surface area (Å²) in [7, 11) is 0. The third-order valence-electron chi connectivity index (χ3n) is 5.27. The number of fused-ring (bicyclic) bond motifs is 1. The lowest BCUT2D eigenvalue weighted by molar-refractivity contribution is -0.130. The molecule has 2 atom stereocenters. The molecule has 0 bridgehead atoms. The molecule has 1 saturated heterocycles. The monoisotopic (exact) mass is 463 g/mol. The third-order valence-corrected chi connectivity index (χ3v) is 6.99. The number of aromatic nitrogens is 3. The van der Waals surface area contributed by atoms with Gasteiger partial charge in [-0.15, -0.1) is 5.10 Å². The number of rotatable bonds is 4. The van der Waals surface area contributed by atoms with Crippen molar-refractivity contribution in [2.45, 2.75) is 36.7 Å². The van der Waals surface area contributed by atoms with Crippen molar-refractivity contribution in [3.63, 3.8) is 0 Å². The number of nitrogens with zero attached hydrogens (tertiary/aromatic N) is 5. The van der Waals surface area contributed by atoms with E-state index < -0.39 is 0 Å². The van der Waals surface area contributed by atoms with Crippen LogP contribution in [-0.2, 0) is 11.2 Å². The minimum Gasteiger partial charge on any atom is -0.340 e. The normalized spacial score (nSPS) is 21.0. The van der Waals surface area contributed by atoms with E-state index in [4.69, 9.17) is 0 Å². The van der Waals surface area contributed by atoms with Crippen molar-refractivity contribution < 1.29 is 9.59 Å². The molecule has 1 amide bonds. The molecule has 3 heterocycles. The fraction of sp³-hybridized carbons (Fsp3) is 0.474. The van der Waals surface area contributed by atoms with Crippen molar-refractivity contribution in [1.82, 2.24) is 24.6 Å². The largest absolute Gasteiger partial charge is 0.340 e. The van der Waals surface area contributed by atoms with Gasteiger partial charge in [-0.25, -0.2) is 4.98 Å². The van der Waals surface area contributed by atoms with Crippen LogP contribution in [0.4, 0.5) is 0 Å². The topological polar surface area (TPSA) is 71.3 Å². The Balaban J connectivity index is 1.63. The van der Waals surface area contributed by atoms with Gasteiger partial charge in [0.15, 0.2) is 11.0 Å². The van der Waals surface area contributed by atoms with Gasteiger partial charge < -0.3 is 4.90 Å². The smallest absolute Gasteiger partial charge is 0.264 e. The molecule has 0 aliphatic carbocycles. The molecule has 0 radical (unpaired) electrons. The number of hydrogen-bond donors (Lipinski definition) is 0. The van der Waals surface area contributed by atoms with Crippen LogP contribution in [0.5, 0.6) is 0 Å². The van der Waals surface area contributed by atoms with Crippen LogP contribution in [0, 0.1) is 0 Å². The maximum absolute atomic E-state index is 13.2. The number of piperazine rings is 1. The number of halogens is 1. The Morgan fingerprint density at radius 3 is 2.50 bits per heavy atom. The van der Waals surface area contributed by atoms with Gasteiger partial charge in [-0.1, -0.05) is 46.7 Å². The third kappa shape index (κ3) is 3.62. The van der Waals surface area contributed by atoms with Crippen LogP contribution in [0.2, 0.25) is 0 Å². The molecular weight excluding hydrogens is 442 g/mol. The lowest BCUT2D eigenvalue weighted by atomic mass is 10.00. The van der Waals surface area contributed by atoms with E-state index in [1.165, 1.54) is 16.4 Å². The second-order valence-corrected chi connectivity index (χ2v) is 9.02. The first kappa shape index (κ1) is 19.6. The van der Waals surface area contributed by atoms with Crippen molar-refractivity contribution in [1.29, 1.82) is 0 Å². The van der Waals surface area contributed by atoms with Crippen LogP contribution in [-0.4, -0.2) is 67.8 Å². The Kier molecular flexibility index (Phi) is 5.57. The fourth-order valence-corrected chi connectivity index (χ4v) is 5.28. The first-order valence-corrected chi connectivity index (χ1v) is 11.1. The Morgan fingerprint density at radius 1 is 1.25 bits per heavy atom. The van der Waals surface area contributed by atoms with Crippen molar-refractivity contribution in [3.05, 3.63) is 40.1 Å². The summed E-state index contributed by atoms with van der Waals surface area (Å²) in [5.41, 5.74) is 1.09. The summed E-state index contributed by atoms with van der Waals surface area (Å²) in [6, 6.07) is 8.04. The van der Waals surface area contributed by atoms with Crippen LogP contribution in [0.15, 0.2) is 33.9 Å². The van der Waals surface area contributed by atoms with E-state index >= 15 is 0 Å². The zero-order chi connectivity index (χ0) is 19.8. The Bertz CT molecular complexity index is 892. The van der Waals surface area contributed by atoms with Gasteiger partial charge in [0.05, 0.1) is 6.04 Å². The molecular formula is C19H22BrN5O2S. The molecule has 4 rings (SSSR count). The molecule has 0 saturated carbocycles. The van der Waals surface area contributed by atoms with Crippen LogP contribution in [0.25, 0.3) is 0 Å². The number of carbonyl (C=O) groups excluding carboxylic acids is 2. The molecule has 148 valence electrons. The minimum absolute atomic E-state index is 0.0193. The van der Waals surface area contributed by atoms with E-state index in [2.05, 4.69) is 43.0 Å². The number of carbonyl (C=O) groups is 2. The van der Waals surface area contributed by atoms with E-state index in [0.717, 1.165) is 23.1 Å². The Hall–Kier alpha value is -1.71. The first-order valence-electron chi connectivity index (χ1n) is 9.39. The molecule has 1 aromatic heterocycles. The highest BCUT2D eigenvalue weighted by Crippen LogP contribution is 2.41. The predicted molar refractivity (Wildman–Crippen MR) is 110 cm³/mol. The lowest BCUT2D eigenvalue weighted by Crippen LogP contribution is -2.51. The van der Waals surface area contributed by atoms with Gasteiger partial charge >= 0.3 is 0 Å². The molecule has 1 fully saturated rings. The van der Waals surface area contributed by atoms with Crippen LogP contribution in [0.1, 0.15) is 36.1 Å². The molecule has 9 heteroatoms. The number of hydrogen-bond acceptors (Lipinski definition) is 6. The summed E-state index contributed by atoms with van der Waals surface area (Å²) in [6.45, 7) is 6.42. The summed E-state index contributed by atoms with van der Waals surface area (Å²) >= 11 is 4.98. The molecule has 2 aliphatic rings. The highest BCUT2D eigenvalue weighted by Gasteiger charge is 2.43. The molecule has 7 nitrogen and oxygen atoms in total. The molecule has 1 aromatic carbocycles. The van der Waals surface area contributed by atoms with Gasteiger partial charge in [-0.05, 0) is 17.7 Å². The van der Waals surface area contributed by atoms with Crippen LogP contribution in [0.3, 0.4) is 0 Å². The van der Waals surface area contributed by atoms with E-state index in [9.17, 15) is 9.59 Å². The zero-order valence-electron chi connectivity index (χ0n) is 15.8. The quantitative estimate of drug-likeness (QED) is 0.693. The van der Waals surface area contributed by atoms with Crippen molar-refractivity contribution in [2.75, 3.05) is 26.2 Å². The average Bonchev–Trinajstić information content (AvgIpc) is 3.23. The zero-order valence-corrected chi connectivity index (χ0v) is 18.2. The maximum Gasteiger partial charge on any atom is 0.264 e. The second-order valence-electron chi connectivity index (χ2n) is 6.99. The molecule has 0 N–H and O–H groups in total. The van der Waals surface area contributed by atoms with Gasteiger partial charge in [-0.3, -0.25) is 14.5 Å². The Morgan fingerprint density at radius 2 is 1.93 bits per heavy atom. The first-order chi connectivity index (χ1) is 13.5. The highest BCUT2D eigenvalue weighted by atomic mass is 79.9. The summed E-state index contributed by atoms with van der Waals surface area (Å²) in [6.07, 6.45) is 0.710. The maximum atomic E-state index is 13.2. The summed E-state index contributed by atoms with van der Waals surface area (Å²) in [4.78, 5) is 33.5. The molecule has 2 unspecified atom stereocenters. The van der Waals surface area contributed by atoms with E-state index in [-0.39, 0.29) is 23.1 Å². The number of aryl methyl sites for hydroxylation is 1. The Labute approximate surface area is 176 Å². The van der Waals surface area contributed by atoms with Crippen LogP contribution >= 0.6 is 27.7 Å². The van der Waals surface area contributed by atoms with Gasteiger partial charge in [-0.2, -0.15) is 4.68 Å². The summed E-state index contributed by atoms with van der Waals surface area (Å²) < 4.78 is 2.47. The fourth-order valence-electron chi connectivity index (χ4n) is 3.74. The molecule has 28 heavy (non-hydrogen) atoms. The van der Waals surface area contributed by atoms with Gasteiger partial charge in [0, 0.05) is 44.0 Å². The van der Waals surface area contributed by atoms with Gasteiger partial charge in [0.1, 0.15) is 5.25 Å². The second kappa shape index (κ2) is 7.96. The van der Waals surface area contributed by atoms with Crippen molar-refractivity contribution >= 4 is 39.5 Å². The minimum atomic E-state index is -0.300. The number of amides is 1. The van der Waals surface area contributed by atoms with E-state index in [1.54, 1.807) is 6.92 Å². The van der Waals surface area contributed by atoms with Gasteiger partial charge in [0.25, 0.3) is 5.91 Å². The van der Waals surface area contributed by atoms with Crippen molar-refractivity contribution in [3.8, 4) is 0 Å². The highest BCUT2D eigenvalue weighted by molar-refractivity contribution is 9.10. The SMILES string of the molecule is CCc1nc2n(n1)C(=O)C(C(c1ccc(Br)cc1)N1CCN(C(C)=O)CC1)S2. The number of thioether (sulfide) groups is 1. The van der Waals surface area contributed by atoms with E-state index in [0.29, 0.717) is 30.5 Å². The van der Waals surface area contributed by atoms with Crippen molar-refractivity contribution in [2.24, 2.45) is 0 Å². The van der Waals surface area contributed by atoms with Gasteiger partial charge in [0.2, 0.25) is 5.91 Å². The summed E-state index contributed by atoms with van der Waals surface area (Å²) in [5, 5.41) is 4.74. The predicted octanol–water partition coefficient (Wildman–Crippen LogP) is 2.62. The lowest BCUT2D eigenvalue weighted by Gasteiger charge is -2.40. The number of benzene rings is 1. The summed E-state index contributed by atoms with van der Waals surface area (Å²) in [5.74, 6) is 0.779.